The topological polar surface area (TPSA) is 61.8 Å². The molecule has 1 aliphatic heterocycles. The molecule has 0 bridgehead atoms. The molecule has 0 amide bonds. The molecule has 1 aliphatic carbocycles. The molecular formula is C20H34IN5O. The fraction of sp³-hybridized carbons (Fsp3) is 0.700. The number of likely N-dealkylation sites (N-methyl/N-ethyl adjacent to an activating group) is 1. The van der Waals surface area contributed by atoms with Gasteiger partial charge in [0, 0.05) is 38.4 Å². The molecule has 7 heteroatoms. The summed E-state index contributed by atoms with van der Waals surface area (Å²) in [7, 11) is 1.82. The van der Waals surface area contributed by atoms with E-state index in [2.05, 4.69) is 38.5 Å². The van der Waals surface area contributed by atoms with Crippen LogP contribution in [-0.4, -0.2) is 54.7 Å². The second kappa shape index (κ2) is 11.7. The number of guanidine groups is 1. The Balaban J connectivity index is 0.00000261. The quantitative estimate of drug-likeness (QED) is 0.352. The number of nitrogens with zero attached hydrogens (tertiary/aromatic N) is 3. The van der Waals surface area contributed by atoms with E-state index in [0.717, 1.165) is 43.3 Å². The van der Waals surface area contributed by atoms with E-state index < -0.39 is 0 Å². The maximum atomic E-state index is 5.92. The van der Waals surface area contributed by atoms with Crippen molar-refractivity contribution in [1.82, 2.24) is 20.5 Å². The van der Waals surface area contributed by atoms with Crippen LogP contribution in [0.25, 0.3) is 0 Å². The predicted molar refractivity (Wildman–Crippen MR) is 121 cm³/mol. The molecule has 2 N–H and O–H groups in total. The van der Waals surface area contributed by atoms with Gasteiger partial charge in [0.2, 0.25) is 5.88 Å². The van der Waals surface area contributed by atoms with Crippen LogP contribution in [0.5, 0.6) is 5.88 Å². The van der Waals surface area contributed by atoms with E-state index in [-0.39, 0.29) is 24.0 Å². The van der Waals surface area contributed by atoms with Gasteiger partial charge < -0.3 is 15.4 Å². The zero-order valence-electron chi connectivity index (χ0n) is 16.6. The molecule has 0 radical (unpaired) electrons. The molecule has 1 unspecified atom stereocenters. The normalized spacial score (nSPS) is 21.1. The van der Waals surface area contributed by atoms with Crippen molar-refractivity contribution >= 4 is 29.9 Å². The highest BCUT2D eigenvalue weighted by molar-refractivity contribution is 14.0. The van der Waals surface area contributed by atoms with E-state index in [1.54, 1.807) is 0 Å². The summed E-state index contributed by atoms with van der Waals surface area (Å²) < 4.78 is 5.92. The smallest absolute Gasteiger partial charge is 0.213 e. The molecule has 0 spiro atoms. The van der Waals surface area contributed by atoms with Crippen molar-refractivity contribution in [2.24, 2.45) is 4.99 Å². The van der Waals surface area contributed by atoms with Crippen molar-refractivity contribution < 1.29 is 4.74 Å². The predicted octanol–water partition coefficient (Wildman–Crippen LogP) is 3.17. The highest BCUT2D eigenvalue weighted by atomic mass is 127. The Kier molecular flexibility index (Phi) is 9.61. The third kappa shape index (κ3) is 6.78. The Morgan fingerprint density at radius 2 is 2.04 bits per heavy atom. The van der Waals surface area contributed by atoms with E-state index in [1.807, 2.05) is 19.3 Å². The maximum Gasteiger partial charge on any atom is 0.213 e. The summed E-state index contributed by atoms with van der Waals surface area (Å²) in [5.74, 6) is 1.59. The van der Waals surface area contributed by atoms with Gasteiger partial charge in [-0.15, -0.1) is 24.0 Å². The number of likely N-dealkylation sites (tertiary alicyclic amines) is 1. The lowest BCUT2D eigenvalue weighted by molar-refractivity contribution is 0.201. The zero-order valence-corrected chi connectivity index (χ0v) is 18.9. The molecule has 2 fully saturated rings. The van der Waals surface area contributed by atoms with Gasteiger partial charge in [0.05, 0.1) is 0 Å². The molecule has 1 aromatic heterocycles. The fourth-order valence-corrected chi connectivity index (χ4v) is 3.93. The Hall–Kier alpha value is -1.09. The van der Waals surface area contributed by atoms with Gasteiger partial charge in [0.1, 0.15) is 6.10 Å². The second-order valence-corrected chi connectivity index (χ2v) is 7.26. The van der Waals surface area contributed by atoms with E-state index in [4.69, 9.17) is 4.74 Å². The lowest BCUT2D eigenvalue weighted by Crippen LogP contribution is -2.44. The van der Waals surface area contributed by atoms with Gasteiger partial charge in [-0.2, -0.15) is 0 Å². The van der Waals surface area contributed by atoms with Crippen LogP contribution in [-0.2, 0) is 6.54 Å². The highest BCUT2D eigenvalue weighted by Gasteiger charge is 2.22. The monoisotopic (exact) mass is 487 g/mol. The average Bonchev–Trinajstić information content (AvgIpc) is 3.34. The molecule has 152 valence electrons. The minimum absolute atomic E-state index is 0. The summed E-state index contributed by atoms with van der Waals surface area (Å²) in [6, 6.07) is 4.67. The first-order valence-corrected chi connectivity index (χ1v) is 10.1. The van der Waals surface area contributed by atoms with Gasteiger partial charge in [-0.3, -0.25) is 9.89 Å². The molecule has 0 aromatic carbocycles. The third-order valence-electron chi connectivity index (χ3n) is 5.48. The van der Waals surface area contributed by atoms with Gasteiger partial charge in [0.15, 0.2) is 5.96 Å². The number of rotatable bonds is 7. The zero-order chi connectivity index (χ0) is 18.2. The van der Waals surface area contributed by atoms with Crippen molar-refractivity contribution in [3.63, 3.8) is 0 Å². The van der Waals surface area contributed by atoms with Gasteiger partial charge in [-0.1, -0.05) is 13.0 Å². The summed E-state index contributed by atoms with van der Waals surface area (Å²) in [5, 5.41) is 6.83. The van der Waals surface area contributed by atoms with Gasteiger partial charge in [0.25, 0.3) is 0 Å². The number of nitrogens with one attached hydrogen (secondary N) is 2. The summed E-state index contributed by atoms with van der Waals surface area (Å²) in [5.41, 5.74) is 1.13. The highest BCUT2D eigenvalue weighted by Crippen LogP contribution is 2.22. The number of pyridine rings is 1. The first-order valence-electron chi connectivity index (χ1n) is 10.1. The van der Waals surface area contributed by atoms with Crippen LogP contribution in [0, 0.1) is 0 Å². The Labute approximate surface area is 180 Å². The van der Waals surface area contributed by atoms with Crippen molar-refractivity contribution in [2.75, 3.05) is 26.7 Å². The molecule has 1 atom stereocenters. The largest absolute Gasteiger partial charge is 0.474 e. The first-order chi connectivity index (χ1) is 12.8. The summed E-state index contributed by atoms with van der Waals surface area (Å²) in [6.45, 7) is 6.23. The molecule has 3 rings (SSSR count). The van der Waals surface area contributed by atoms with Crippen molar-refractivity contribution in [1.29, 1.82) is 0 Å². The molecule has 6 nitrogen and oxygen atoms in total. The number of aromatic nitrogens is 1. The SMILES string of the molecule is CCN1CCCC1CNC(=NC)NCc1ccc(OC2CCCC2)nc1.I. The van der Waals surface area contributed by atoms with Crippen LogP contribution in [0.1, 0.15) is 51.0 Å². The van der Waals surface area contributed by atoms with E-state index in [0.29, 0.717) is 18.7 Å². The molecule has 1 saturated heterocycles. The van der Waals surface area contributed by atoms with Crippen molar-refractivity contribution in [3.05, 3.63) is 23.9 Å². The second-order valence-electron chi connectivity index (χ2n) is 7.26. The summed E-state index contributed by atoms with van der Waals surface area (Å²) in [6.07, 6.45) is 9.67. The number of halogens is 1. The molecular weight excluding hydrogens is 453 g/mol. The number of aliphatic imine (C=N–C) groups is 1. The van der Waals surface area contributed by atoms with Gasteiger partial charge in [-0.05, 0) is 57.2 Å². The standard InChI is InChI=1S/C20H33N5O.HI/c1-3-25-12-6-7-17(25)15-24-20(21-2)23-14-16-10-11-19(22-13-16)26-18-8-4-5-9-18;/h10-11,13,17-18H,3-9,12,14-15H2,1-2H3,(H2,21,23,24);1H. The Bertz CT molecular complexity index is 574. The molecule has 2 aliphatic rings. The van der Waals surface area contributed by atoms with Crippen molar-refractivity contribution in [3.8, 4) is 5.88 Å². The molecule has 27 heavy (non-hydrogen) atoms. The van der Waals surface area contributed by atoms with E-state index >= 15 is 0 Å². The third-order valence-corrected chi connectivity index (χ3v) is 5.48. The molecule has 2 heterocycles. The number of hydrogen-bond donors (Lipinski definition) is 2. The lowest BCUT2D eigenvalue weighted by Gasteiger charge is -2.24. The first kappa shape index (κ1) is 22.2. The maximum absolute atomic E-state index is 5.92. The number of hydrogen-bond acceptors (Lipinski definition) is 4. The number of ether oxygens (including phenoxy) is 1. The van der Waals surface area contributed by atoms with Crippen LogP contribution >= 0.6 is 24.0 Å². The van der Waals surface area contributed by atoms with Crippen LogP contribution in [0.3, 0.4) is 0 Å². The Morgan fingerprint density at radius 3 is 2.70 bits per heavy atom. The van der Waals surface area contributed by atoms with Crippen molar-refractivity contribution in [2.45, 2.75) is 64.1 Å². The average molecular weight is 487 g/mol. The summed E-state index contributed by atoms with van der Waals surface area (Å²) >= 11 is 0. The molecule has 1 aromatic rings. The minimum Gasteiger partial charge on any atom is -0.474 e. The molecule has 1 saturated carbocycles. The fourth-order valence-electron chi connectivity index (χ4n) is 3.93. The van der Waals surface area contributed by atoms with E-state index in [9.17, 15) is 0 Å². The van der Waals surface area contributed by atoms with Crippen LogP contribution in [0.4, 0.5) is 0 Å². The lowest BCUT2D eigenvalue weighted by atomic mass is 10.2. The Morgan fingerprint density at radius 1 is 1.22 bits per heavy atom. The van der Waals surface area contributed by atoms with Crippen LogP contribution in [0.2, 0.25) is 0 Å². The minimum atomic E-state index is 0. The van der Waals surface area contributed by atoms with Gasteiger partial charge in [-0.25, -0.2) is 4.98 Å². The van der Waals surface area contributed by atoms with Crippen LogP contribution < -0.4 is 15.4 Å². The van der Waals surface area contributed by atoms with E-state index in [1.165, 1.54) is 32.2 Å². The van der Waals surface area contributed by atoms with Gasteiger partial charge >= 0.3 is 0 Å². The summed E-state index contributed by atoms with van der Waals surface area (Å²) in [4.78, 5) is 11.3. The van der Waals surface area contributed by atoms with Crippen LogP contribution in [0.15, 0.2) is 23.3 Å².